The molecule has 0 unspecified atom stereocenters. The molecule has 0 aliphatic carbocycles. The Balaban J connectivity index is 2.39. The van der Waals surface area contributed by atoms with E-state index in [0.29, 0.717) is 5.56 Å². The van der Waals surface area contributed by atoms with Gasteiger partial charge in [-0.2, -0.15) is 13.2 Å². The molecule has 2 aromatic rings. The van der Waals surface area contributed by atoms with Gasteiger partial charge in [-0.1, -0.05) is 19.1 Å². The third-order valence-corrected chi connectivity index (χ3v) is 3.76. The number of alkyl halides is 3. The summed E-state index contributed by atoms with van der Waals surface area (Å²) in [6.07, 6.45) is -3.37. The van der Waals surface area contributed by atoms with E-state index in [9.17, 15) is 13.2 Å². The highest BCUT2D eigenvalue weighted by molar-refractivity contribution is 7.15. The fourth-order valence-corrected chi connectivity index (χ4v) is 2.52. The minimum atomic E-state index is -4.28. The van der Waals surface area contributed by atoms with E-state index < -0.39 is 11.7 Å². The predicted molar refractivity (Wildman–Crippen MR) is 64.1 cm³/mol. The fraction of sp³-hybridized carbons (Fsp3) is 0.231. The minimum Gasteiger partial charge on any atom is -0.166 e. The lowest BCUT2D eigenvalue weighted by Crippen LogP contribution is -2.04. The van der Waals surface area contributed by atoms with Crippen molar-refractivity contribution in [2.24, 2.45) is 0 Å². The third kappa shape index (κ3) is 2.69. The molecule has 0 amide bonds. The SMILES string of the molecule is CCc1ccc(-c2cccc(C(F)(F)F)c2)s1. The highest BCUT2D eigenvalue weighted by atomic mass is 32.1. The van der Waals surface area contributed by atoms with E-state index in [4.69, 9.17) is 0 Å². The molecule has 1 aromatic carbocycles. The molecule has 0 aliphatic heterocycles. The number of thiophene rings is 1. The van der Waals surface area contributed by atoms with Crippen LogP contribution in [-0.2, 0) is 12.6 Å². The van der Waals surface area contributed by atoms with Crippen molar-refractivity contribution < 1.29 is 13.2 Å². The van der Waals surface area contributed by atoms with Gasteiger partial charge in [-0.15, -0.1) is 11.3 Å². The van der Waals surface area contributed by atoms with Crippen molar-refractivity contribution >= 4 is 11.3 Å². The van der Waals surface area contributed by atoms with E-state index in [1.54, 1.807) is 6.07 Å². The standard InChI is InChI=1S/C13H11F3S/c1-2-11-6-7-12(17-11)9-4-3-5-10(8-9)13(14,15)16/h3-8H,2H2,1H3. The zero-order valence-corrected chi connectivity index (χ0v) is 10.0. The second-order valence-electron chi connectivity index (χ2n) is 3.70. The molecule has 0 fully saturated rings. The molecule has 1 heterocycles. The van der Waals surface area contributed by atoms with Crippen LogP contribution in [0.25, 0.3) is 10.4 Å². The summed E-state index contributed by atoms with van der Waals surface area (Å²) in [6.45, 7) is 2.03. The van der Waals surface area contributed by atoms with Gasteiger partial charge in [-0.25, -0.2) is 0 Å². The zero-order chi connectivity index (χ0) is 12.5. The van der Waals surface area contributed by atoms with Crippen molar-refractivity contribution in [1.82, 2.24) is 0 Å². The fourth-order valence-electron chi connectivity index (χ4n) is 1.57. The van der Waals surface area contributed by atoms with Crippen LogP contribution in [0.15, 0.2) is 36.4 Å². The second kappa shape index (κ2) is 4.53. The number of hydrogen-bond acceptors (Lipinski definition) is 1. The topological polar surface area (TPSA) is 0 Å². The van der Waals surface area contributed by atoms with Crippen LogP contribution in [0.5, 0.6) is 0 Å². The molecule has 2 rings (SSSR count). The summed E-state index contributed by atoms with van der Waals surface area (Å²) < 4.78 is 37.7. The van der Waals surface area contributed by atoms with Crippen molar-refractivity contribution in [2.75, 3.05) is 0 Å². The third-order valence-electron chi connectivity index (χ3n) is 2.48. The Bertz CT molecular complexity index is 511. The molecular weight excluding hydrogens is 245 g/mol. The maximum absolute atomic E-state index is 12.6. The number of benzene rings is 1. The van der Waals surface area contributed by atoms with Gasteiger partial charge in [0.15, 0.2) is 0 Å². The van der Waals surface area contributed by atoms with Crippen LogP contribution in [0.1, 0.15) is 17.4 Å². The predicted octanol–water partition coefficient (Wildman–Crippen LogP) is 5.00. The Morgan fingerprint density at radius 3 is 2.47 bits per heavy atom. The van der Waals surface area contributed by atoms with Gasteiger partial charge in [0.25, 0.3) is 0 Å². The van der Waals surface area contributed by atoms with Crippen LogP contribution in [0.4, 0.5) is 13.2 Å². The molecule has 90 valence electrons. The summed E-state index contributed by atoms with van der Waals surface area (Å²) in [4.78, 5) is 2.06. The molecule has 0 bridgehead atoms. The van der Waals surface area contributed by atoms with Crippen LogP contribution in [0.2, 0.25) is 0 Å². The second-order valence-corrected chi connectivity index (χ2v) is 4.87. The van der Waals surface area contributed by atoms with Crippen molar-refractivity contribution in [1.29, 1.82) is 0 Å². The van der Waals surface area contributed by atoms with Gasteiger partial charge in [-0.3, -0.25) is 0 Å². The number of aryl methyl sites for hydroxylation is 1. The van der Waals surface area contributed by atoms with E-state index in [1.807, 2.05) is 19.1 Å². The first kappa shape index (κ1) is 12.2. The van der Waals surface area contributed by atoms with Crippen molar-refractivity contribution in [3.8, 4) is 10.4 Å². The molecule has 17 heavy (non-hydrogen) atoms. The van der Waals surface area contributed by atoms with Gasteiger partial charge in [0, 0.05) is 9.75 Å². The first-order valence-electron chi connectivity index (χ1n) is 5.27. The van der Waals surface area contributed by atoms with Crippen molar-refractivity contribution in [3.63, 3.8) is 0 Å². The minimum absolute atomic E-state index is 0.596. The highest BCUT2D eigenvalue weighted by Crippen LogP contribution is 2.34. The lowest BCUT2D eigenvalue weighted by molar-refractivity contribution is -0.137. The molecule has 0 atom stereocenters. The smallest absolute Gasteiger partial charge is 0.166 e. The normalized spacial score (nSPS) is 11.8. The average Bonchev–Trinajstić information content (AvgIpc) is 2.76. The highest BCUT2D eigenvalue weighted by Gasteiger charge is 2.30. The molecule has 0 saturated carbocycles. The van der Waals surface area contributed by atoms with E-state index >= 15 is 0 Å². The van der Waals surface area contributed by atoms with E-state index in [0.717, 1.165) is 17.4 Å². The first-order valence-corrected chi connectivity index (χ1v) is 6.08. The maximum atomic E-state index is 12.6. The quantitative estimate of drug-likeness (QED) is 0.709. The Kier molecular flexibility index (Phi) is 3.24. The molecule has 0 N–H and O–H groups in total. The molecule has 0 nitrogen and oxygen atoms in total. The summed E-state index contributed by atoms with van der Waals surface area (Å²) in [5.41, 5.74) is 0.0333. The van der Waals surface area contributed by atoms with Crippen molar-refractivity contribution in [2.45, 2.75) is 19.5 Å². The van der Waals surface area contributed by atoms with E-state index in [2.05, 4.69) is 0 Å². The maximum Gasteiger partial charge on any atom is 0.416 e. The van der Waals surface area contributed by atoms with Crippen LogP contribution < -0.4 is 0 Å². The van der Waals surface area contributed by atoms with E-state index in [1.165, 1.54) is 28.3 Å². The first-order chi connectivity index (χ1) is 8.00. The Hall–Kier alpha value is -1.29. The largest absolute Gasteiger partial charge is 0.416 e. The monoisotopic (exact) mass is 256 g/mol. The van der Waals surface area contributed by atoms with Gasteiger partial charge < -0.3 is 0 Å². The molecule has 1 aromatic heterocycles. The van der Waals surface area contributed by atoms with Crippen LogP contribution >= 0.6 is 11.3 Å². The molecule has 0 saturated heterocycles. The lowest BCUT2D eigenvalue weighted by Gasteiger charge is -2.07. The van der Waals surface area contributed by atoms with Crippen LogP contribution in [-0.4, -0.2) is 0 Å². The van der Waals surface area contributed by atoms with Gasteiger partial charge >= 0.3 is 6.18 Å². The summed E-state index contributed by atoms with van der Waals surface area (Å²) in [7, 11) is 0. The molecule has 0 aliphatic rings. The van der Waals surface area contributed by atoms with E-state index in [-0.39, 0.29) is 0 Å². The number of hydrogen-bond donors (Lipinski definition) is 0. The molecule has 0 radical (unpaired) electrons. The van der Waals surface area contributed by atoms with Gasteiger partial charge in [0.05, 0.1) is 5.56 Å². The Morgan fingerprint density at radius 2 is 1.88 bits per heavy atom. The molecule has 4 heteroatoms. The Morgan fingerprint density at radius 1 is 1.12 bits per heavy atom. The summed E-state index contributed by atoms with van der Waals surface area (Å²) in [5, 5.41) is 0. The number of halogens is 3. The summed E-state index contributed by atoms with van der Waals surface area (Å²) in [5.74, 6) is 0. The van der Waals surface area contributed by atoms with Crippen molar-refractivity contribution in [3.05, 3.63) is 46.8 Å². The summed E-state index contributed by atoms with van der Waals surface area (Å²) in [6, 6.07) is 9.28. The van der Waals surface area contributed by atoms with Gasteiger partial charge in [0.2, 0.25) is 0 Å². The molecular formula is C13H11F3S. The van der Waals surface area contributed by atoms with Gasteiger partial charge in [-0.05, 0) is 36.2 Å². The zero-order valence-electron chi connectivity index (χ0n) is 9.21. The average molecular weight is 256 g/mol. The number of rotatable bonds is 2. The molecule has 0 spiro atoms. The van der Waals surface area contributed by atoms with Crippen LogP contribution in [0.3, 0.4) is 0 Å². The Labute approximate surface area is 102 Å². The summed E-state index contributed by atoms with van der Waals surface area (Å²) >= 11 is 1.54. The van der Waals surface area contributed by atoms with Crippen LogP contribution in [0, 0.1) is 0 Å². The van der Waals surface area contributed by atoms with Gasteiger partial charge in [0.1, 0.15) is 0 Å². The lowest BCUT2D eigenvalue weighted by atomic mass is 10.1.